The summed E-state index contributed by atoms with van der Waals surface area (Å²) in [5, 5.41) is 2.54. The molecular weight excluding hydrogens is 397 g/mol. The lowest BCUT2D eigenvalue weighted by Crippen LogP contribution is -2.45. The number of methoxy groups -OCH3 is 1. The smallest absolute Gasteiger partial charge is 0.416 e. The standard InChI is InChI=1S/C18H19F3N2O4S/c1-12(17(24)22-14-7-9-16(27-2)10-8-14)23(28(3,25)26)15-6-4-5-13(11-15)18(19,20)21/h4-12H,1-3H3,(H,22,24)/t12-/m1/s1. The van der Waals surface area contributed by atoms with Gasteiger partial charge in [0.1, 0.15) is 11.8 Å². The molecule has 1 atom stereocenters. The molecule has 2 aromatic carbocycles. The van der Waals surface area contributed by atoms with Crippen LogP contribution in [0.3, 0.4) is 0 Å². The van der Waals surface area contributed by atoms with Gasteiger partial charge in [-0.05, 0) is 49.4 Å². The van der Waals surface area contributed by atoms with E-state index in [-0.39, 0.29) is 5.69 Å². The van der Waals surface area contributed by atoms with Crippen molar-refractivity contribution < 1.29 is 31.1 Å². The molecule has 0 bridgehead atoms. The largest absolute Gasteiger partial charge is 0.497 e. The van der Waals surface area contributed by atoms with Crippen LogP contribution in [0.25, 0.3) is 0 Å². The van der Waals surface area contributed by atoms with E-state index in [4.69, 9.17) is 4.74 Å². The topological polar surface area (TPSA) is 75.7 Å². The van der Waals surface area contributed by atoms with Crippen LogP contribution >= 0.6 is 0 Å². The molecule has 1 amide bonds. The summed E-state index contributed by atoms with van der Waals surface area (Å²) in [6.45, 7) is 1.29. The van der Waals surface area contributed by atoms with Gasteiger partial charge in [-0.1, -0.05) is 6.07 Å². The summed E-state index contributed by atoms with van der Waals surface area (Å²) in [4.78, 5) is 12.5. The molecule has 0 saturated heterocycles. The fraction of sp³-hybridized carbons (Fsp3) is 0.278. The third-order valence-electron chi connectivity index (χ3n) is 3.87. The monoisotopic (exact) mass is 416 g/mol. The summed E-state index contributed by atoms with van der Waals surface area (Å²) in [5.41, 5.74) is -0.883. The second-order valence-corrected chi connectivity index (χ2v) is 7.86. The minimum atomic E-state index is -4.65. The van der Waals surface area contributed by atoms with Gasteiger partial charge in [0.05, 0.1) is 24.6 Å². The molecule has 2 aromatic rings. The van der Waals surface area contributed by atoms with Crippen molar-refractivity contribution in [3.8, 4) is 5.75 Å². The molecule has 0 saturated carbocycles. The Morgan fingerprint density at radius 3 is 2.25 bits per heavy atom. The van der Waals surface area contributed by atoms with E-state index in [2.05, 4.69) is 5.32 Å². The Hall–Kier alpha value is -2.75. The molecule has 28 heavy (non-hydrogen) atoms. The summed E-state index contributed by atoms with van der Waals surface area (Å²) in [6.07, 6.45) is -3.82. The summed E-state index contributed by atoms with van der Waals surface area (Å²) in [7, 11) is -2.56. The van der Waals surface area contributed by atoms with Crippen LogP contribution in [0.15, 0.2) is 48.5 Å². The van der Waals surface area contributed by atoms with Crippen LogP contribution < -0.4 is 14.4 Å². The van der Waals surface area contributed by atoms with Gasteiger partial charge in [0, 0.05) is 5.69 Å². The van der Waals surface area contributed by atoms with Crippen molar-refractivity contribution in [2.45, 2.75) is 19.1 Å². The minimum absolute atomic E-state index is 0.255. The molecule has 0 aliphatic rings. The molecule has 1 N–H and O–H groups in total. The van der Waals surface area contributed by atoms with Gasteiger partial charge in [-0.3, -0.25) is 9.10 Å². The second-order valence-electron chi connectivity index (χ2n) is 6.00. The Kier molecular flexibility index (Phi) is 6.23. The van der Waals surface area contributed by atoms with Crippen LogP contribution in [0.4, 0.5) is 24.5 Å². The molecule has 0 spiro atoms. The normalized spacial score (nSPS) is 12.9. The highest BCUT2D eigenvalue weighted by Crippen LogP contribution is 2.33. The van der Waals surface area contributed by atoms with E-state index in [0.29, 0.717) is 21.8 Å². The minimum Gasteiger partial charge on any atom is -0.497 e. The van der Waals surface area contributed by atoms with Crippen molar-refractivity contribution >= 4 is 27.3 Å². The van der Waals surface area contributed by atoms with E-state index < -0.39 is 33.7 Å². The maximum atomic E-state index is 13.0. The highest BCUT2D eigenvalue weighted by Gasteiger charge is 2.34. The number of alkyl halides is 3. The van der Waals surface area contributed by atoms with Gasteiger partial charge < -0.3 is 10.1 Å². The zero-order valence-corrected chi connectivity index (χ0v) is 16.1. The maximum absolute atomic E-state index is 13.0. The Morgan fingerprint density at radius 2 is 1.75 bits per heavy atom. The molecule has 6 nitrogen and oxygen atoms in total. The van der Waals surface area contributed by atoms with Crippen LogP contribution in [-0.4, -0.2) is 33.7 Å². The number of carbonyl (C=O) groups excluding carboxylic acids is 1. The van der Waals surface area contributed by atoms with Crippen molar-refractivity contribution in [3.63, 3.8) is 0 Å². The van der Waals surface area contributed by atoms with Crippen LogP contribution in [0.2, 0.25) is 0 Å². The number of rotatable bonds is 6. The van der Waals surface area contributed by atoms with Gasteiger partial charge in [-0.15, -0.1) is 0 Å². The quantitative estimate of drug-likeness (QED) is 0.782. The Labute approximate surface area is 161 Å². The van der Waals surface area contributed by atoms with Crippen molar-refractivity contribution in [2.75, 3.05) is 23.0 Å². The first-order valence-electron chi connectivity index (χ1n) is 8.05. The average Bonchev–Trinajstić information content (AvgIpc) is 2.60. The molecule has 0 radical (unpaired) electrons. The number of anilines is 2. The average molecular weight is 416 g/mol. The number of ether oxygens (including phenoxy) is 1. The summed E-state index contributed by atoms with van der Waals surface area (Å²) in [6, 6.07) is 8.82. The SMILES string of the molecule is COc1ccc(NC(=O)[C@@H](C)N(c2cccc(C(F)(F)F)c2)S(C)(=O)=O)cc1. The lowest BCUT2D eigenvalue weighted by atomic mass is 10.1. The van der Waals surface area contributed by atoms with Crippen LogP contribution in [-0.2, 0) is 21.0 Å². The predicted octanol–water partition coefficient (Wildman–Crippen LogP) is 3.51. The first-order chi connectivity index (χ1) is 12.9. The molecule has 2 rings (SSSR count). The van der Waals surface area contributed by atoms with Gasteiger partial charge in [0.15, 0.2) is 0 Å². The second kappa shape index (κ2) is 8.09. The van der Waals surface area contributed by atoms with E-state index in [0.717, 1.165) is 18.4 Å². The van der Waals surface area contributed by atoms with E-state index in [1.165, 1.54) is 20.1 Å². The van der Waals surface area contributed by atoms with Crippen molar-refractivity contribution in [2.24, 2.45) is 0 Å². The Bertz CT molecular complexity index is 944. The zero-order valence-electron chi connectivity index (χ0n) is 15.3. The molecule has 0 unspecified atom stereocenters. The number of nitrogens with one attached hydrogen (secondary N) is 1. The molecule has 152 valence electrons. The molecule has 0 aliphatic carbocycles. The highest BCUT2D eigenvalue weighted by atomic mass is 32.2. The van der Waals surface area contributed by atoms with E-state index in [1.54, 1.807) is 24.3 Å². The number of nitrogens with zero attached hydrogens (tertiary/aromatic N) is 1. The van der Waals surface area contributed by atoms with Gasteiger partial charge in [-0.2, -0.15) is 13.2 Å². The zero-order chi connectivity index (χ0) is 21.1. The lowest BCUT2D eigenvalue weighted by molar-refractivity contribution is -0.137. The lowest BCUT2D eigenvalue weighted by Gasteiger charge is -2.28. The molecule has 0 fully saturated rings. The summed E-state index contributed by atoms with van der Waals surface area (Å²) >= 11 is 0. The van der Waals surface area contributed by atoms with Crippen molar-refractivity contribution in [1.29, 1.82) is 0 Å². The number of sulfonamides is 1. The first-order valence-corrected chi connectivity index (χ1v) is 9.90. The number of halogens is 3. The van der Waals surface area contributed by atoms with Crippen LogP contribution in [0.1, 0.15) is 12.5 Å². The van der Waals surface area contributed by atoms with Crippen LogP contribution in [0, 0.1) is 0 Å². The fourth-order valence-electron chi connectivity index (χ4n) is 2.55. The van der Waals surface area contributed by atoms with Gasteiger partial charge in [-0.25, -0.2) is 8.42 Å². The Morgan fingerprint density at radius 1 is 1.14 bits per heavy atom. The Balaban J connectivity index is 2.33. The van der Waals surface area contributed by atoms with E-state index in [1.807, 2.05) is 0 Å². The van der Waals surface area contributed by atoms with Gasteiger partial charge >= 0.3 is 6.18 Å². The van der Waals surface area contributed by atoms with Crippen LogP contribution in [0.5, 0.6) is 5.75 Å². The summed E-state index contributed by atoms with van der Waals surface area (Å²) < 4.78 is 69.0. The molecule has 0 aromatic heterocycles. The van der Waals surface area contributed by atoms with Gasteiger partial charge in [0.2, 0.25) is 15.9 Å². The van der Waals surface area contributed by atoms with Gasteiger partial charge in [0.25, 0.3) is 0 Å². The maximum Gasteiger partial charge on any atom is 0.416 e. The molecule has 10 heteroatoms. The van der Waals surface area contributed by atoms with E-state index in [9.17, 15) is 26.4 Å². The number of hydrogen-bond acceptors (Lipinski definition) is 4. The van der Waals surface area contributed by atoms with Crippen molar-refractivity contribution in [1.82, 2.24) is 0 Å². The first kappa shape index (κ1) is 21.5. The molecule has 0 heterocycles. The highest BCUT2D eigenvalue weighted by molar-refractivity contribution is 7.92. The number of hydrogen-bond donors (Lipinski definition) is 1. The molecule has 0 aliphatic heterocycles. The molecular formula is C18H19F3N2O4S. The third kappa shape index (κ3) is 5.16. The van der Waals surface area contributed by atoms with E-state index >= 15 is 0 Å². The fourth-order valence-corrected chi connectivity index (χ4v) is 3.72. The number of benzene rings is 2. The number of carbonyl (C=O) groups is 1. The summed E-state index contributed by atoms with van der Waals surface area (Å²) in [5.74, 6) is -0.138. The number of amides is 1. The van der Waals surface area contributed by atoms with Crippen molar-refractivity contribution in [3.05, 3.63) is 54.1 Å². The predicted molar refractivity (Wildman–Crippen MR) is 99.9 cm³/mol. The third-order valence-corrected chi connectivity index (χ3v) is 5.12.